The normalized spacial score (nSPS) is 13.8. The number of hydrogen-bond acceptors (Lipinski definition) is 4. The Hall–Kier alpha value is -3.45. The Balaban J connectivity index is 1.45. The topological polar surface area (TPSA) is 91.1 Å². The molecule has 1 aliphatic carbocycles. The van der Waals surface area contributed by atoms with Crippen LogP contribution in [0.1, 0.15) is 96.8 Å². The first kappa shape index (κ1) is 28.6. The molecule has 0 radical (unpaired) electrons. The lowest BCUT2D eigenvalue weighted by molar-refractivity contribution is -0.138. The number of aliphatic carboxylic acids is 1. The summed E-state index contributed by atoms with van der Waals surface area (Å²) in [6, 6.07) is 13.7. The van der Waals surface area contributed by atoms with Gasteiger partial charge in [-0.15, -0.1) is 0 Å². The van der Waals surface area contributed by atoms with Crippen molar-refractivity contribution in [1.29, 1.82) is 0 Å². The molecule has 4 rings (SSSR count). The molecule has 0 atom stereocenters. The second-order valence-electron chi connectivity index (χ2n) is 10.9. The van der Waals surface area contributed by atoms with Crippen LogP contribution < -0.4 is 5.32 Å². The fourth-order valence-electron chi connectivity index (χ4n) is 5.54. The van der Waals surface area contributed by atoms with Crippen LogP contribution in [0.3, 0.4) is 0 Å². The van der Waals surface area contributed by atoms with Crippen molar-refractivity contribution in [1.82, 2.24) is 14.6 Å². The third-order valence-electron chi connectivity index (χ3n) is 7.78. The molecular weight excluding hydrogens is 490 g/mol. The van der Waals surface area contributed by atoms with Crippen molar-refractivity contribution in [3.8, 4) is 0 Å². The van der Waals surface area contributed by atoms with Gasteiger partial charge in [0.1, 0.15) is 6.54 Å². The highest BCUT2D eigenvalue weighted by atomic mass is 16.4. The lowest BCUT2D eigenvalue weighted by Crippen LogP contribution is -2.40. The Morgan fingerprint density at radius 3 is 2.38 bits per heavy atom. The standard InChI is InChI=1S/C32H41N3O4/c1-4-24-19-28-20-26(32(39)35(22(2)3)21-29(36)37)16-18-34(28)30(24)31(38)25-14-12-23(13-15-25)9-7-8-17-33-27-10-5-6-11-27/h12-16,18-20,22,27,33H,4-11,17,21H2,1-3H3,(H,36,37). The molecule has 1 aliphatic rings. The predicted molar refractivity (Wildman–Crippen MR) is 154 cm³/mol. The highest BCUT2D eigenvalue weighted by Crippen LogP contribution is 2.23. The third kappa shape index (κ3) is 6.95. The number of carbonyl (C=O) groups excluding carboxylic acids is 2. The van der Waals surface area contributed by atoms with Crippen molar-refractivity contribution < 1.29 is 19.5 Å². The number of nitrogens with zero attached hydrogens (tertiary/aromatic N) is 2. The van der Waals surface area contributed by atoms with Gasteiger partial charge in [-0.25, -0.2) is 0 Å². The fourth-order valence-corrected chi connectivity index (χ4v) is 5.54. The number of pyridine rings is 1. The summed E-state index contributed by atoms with van der Waals surface area (Å²) in [6.45, 7) is 6.31. The van der Waals surface area contributed by atoms with Crippen molar-refractivity contribution in [2.45, 2.75) is 84.2 Å². The molecule has 2 N–H and O–H groups in total. The zero-order valence-electron chi connectivity index (χ0n) is 23.4. The number of aryl methyl sites for hydroxylation is 2. The summed E-state index contributed by atoms with van der Waals surface area (Å²) in [6.07, 6.45) is 11.0. The zero-order chi connectivity index (χ0) is 27.9. The number of carbonyl (C=O) groups is 3. The molecule has 0 aliphatic heterocycles. The molecule has 3 aromatic rings. The minimum Gasteiger partial charge on any atom is -0.480 e. The molecule has 1 aromatic carbocycles. The number of rotatable bonds is 13. The highest BCUT2D eigenvalue weighted by molar-refractivity contribution is 6.10. The number of unbranched alkanes of at least 4 members (excludes halogenated alkanes) is 1. The molecule has 2 aromatic heterocycles. The summed E-state index contributed by atoms with van der Waals surface area (Å²) in [7, 11) is 0. The van der Waals surface area contributed by atoms with Gasteiger partial charge in [-0.3, -0.25) is 14.4 Å². The molecule has 1 fully saturated rings. The first-order valence-electron chi connectivity index (χ1n) is 14.3. The summed E-state index contributed by atoms with van der Waals surface area (Å²) in [5.41, 5.74) is 4.53. The van der Waals surface area contributed by atoms with Gasteiger partial charge in [0, 0.05) is 34.9 Å². The predicted octanol–water partition coefficient (Wildman–Crippen LogP) is 5.52. The van der Waals surface area contributed by atoms with Gasteiger partial charge in [-0.1, -0.05) is 44.0 Å². The Morgan fingerprint density at radius 1 is 1.03 bits per heavy atom. The van der Waals surface area contributed by atoms with Crippen LogP contribution in [0, 0.1) is 0 Å². The van der Waals surface area contributed by atoms with Gasteiger partial charge in [0.05, 0.1) is 5.69 Å². The van der Waals surface area contributed by atoms with Gasteiger partial charge in [0.2, 0.25) is 5.78 Å². The van der Waals surface area contributed by atoms with Crippen molar-refractivity contribution in [2.24, 2.45) is 0 Å². The van der Waals surface area contributed by atoms with Crippen LogP contribution in [0.15, 0.2) is 48.7 Å². The summed E-state index contributed by atoms with van der Waals surface area (Å²) in [5.74, 6) is -1.44. The molecule has 7 heteroatoms. The average Bonchev–Trinajstić information content (AvgIpc) is 3.58. The smallest absolute Gasteiger partial charge is 0.323 e. The van der Waals surface area contributed by atoms with Crippen LogP contribution in [0.4, 0.5) is 0 Å². The summed E-state index contributed by atoms with van der Waals surface area (Å²) < 4.78 is 1.83. The number of carboxylic acid groups (broad SMARTS) is 1. The maximum Gasteiger partial charge on any atom is 0.323 e. The lowest BCUT2D eigenvalue weighted by Gasteiger charge is -2.25. The molecule has 0 unspecified atom stereocenters. The third-order valence-corrected chi connectivity index (χ3v) is 7.78. The zero-order valence-corrected chi connectivity index (χ0v) is 23.4. The van der Waals surface area contributed by atoms with Crippen LogP contribution in [0.25, 0.3) is 5.52 Å². The summed E-state index contributed by atoms with van der Waals surface area (Å²) in [5, 5.41) is 12.9. The van der Waals surface area contributed by atoms with E-state index < -0.39 is 5.97 Å². The first-order chi connectivity index (χ1) is 18.8. The molecule has 208 valence electrons. The van der Waals surface area contributed by atoms with E-state index in [1.807, 2.05) is 29.5 Å². The number of fused-ring (bicyclic) bond motifs is 1. The van der Waals surface area contributed by atoms with Gasteiger partial charge in [-0.2, -0.15) is 0 Å². The van der Waals surface area contributed by atoms with Gasteiger partial charge in [0.15, 0.2) is 0 Å². The number of nitrogens with one attached hydrogen (secondary N) is 1. The van der Waals surface area contributed by atoms with E-state index in [0.29, 0.717) is 29.3 Å². The van der Waals surface area contributed by atoms with E-state index in [-0.39, 0.29) is 24.3 Å². The molecule has 0 spiro atoms. The molecule has 0 saturated heterocycles. The van der Waals surface area contributed by atoms with E-state index in [1.54, 1.807) is 32.2 Å². The minimum absolute atomic E-state index is 0.0482. The van der Waals surface area contributed by atoms with Crippen molar-refractivity contribution in [3.63, 3.8) is 0 Å². The van der Waals surface area contributed by atoms with E-state index >= 15 is 0 Å². The Kier molecular flexibility index (Phi) is 9.57. The van der Waals surface area contributed by atoms with Crippen LogP contribution >= 0.6 is 0 Å². The maximum atomic E-state index is 13.6. The molecule has 0 bridgehead atoms. The first-order valence-corrected chi connectivity index (χ1v) is 14.3. The number of amides is 1. The largest absolute Gasteiger partial charge is 0.480 e. The summed E-state index contributed by atoms with van der Waals surface area (Å²) in [4.78, 5) is 39.3. The Morgan fingerprint density at radius 2 is 1.74 bits per heavy atom. The monoisotopic (exact) mass is 531 g/mol. The van der Waals surface area contributed by atoms with Gasteiger partial charge < -0.3 is 19.7 Å². The average molecular weight is 532 g/mol. The number of ketones is 1. The van der Waals surface area contributed by atoms with E-state index in [4.69, 9.17) is 0 Å². The van der Waals surface area contributed by atoms with Crippen molar-refractivity contribution in [2.75, 3.05) is 13.1 Å². The molecule has 39 heavy (non-hydrogen) atoms. The van der Waals surface area contributed by atoms with Crippen molar-refractivity contribution in [3.05, 3.63) is 76.6 Å². The molecule has 1 saturated carbocycles. The molecular formula is C32H41N3O4. The maximum absolute atomic E-state index is 13.6. The number of hydrogen-bond donors (Lipinski definition) is 2. The Bertz CT molecular complexity index is 1300. The van der Waals surface area contributed by atoms with Gasteiger partial charge in [-0.05, 0) is 88.2 Å². The second kappa shape index (κ2) is 13.1. The second-order valence-corrected chi connectivity index (χ2v) is 10.9. The Labute approximate surface area is 231 Å². The van der Waals surface area contributed by atoms with Gasteiger partial charge in [0.25, 0.3) is 5.91 Å². The highest BCUT2D eigenvalue weighted by Gasteiger charge is 2.23. The van der Waals surface area contributed by atoms with Crippen LogP contribution in [-0.4, -0.2) is 57.2 Å². The van der Waals surface area contributed by atoms with E-state index in [1.165, 1.54) is 36.1 Å². The fraction of sp³-hybridized carbons (Fsp3) is 0.469. The van der Waals surface area contributed by atoms with Gasteiger partial charge >= 0.3 is 5.97 Å². The van der Waals surface area contributed by atoms with Crippen LogP contribution in [-0.2, 0) is 17.6 Å². The number of aromatic nitrogens is 1. The number of benzene rings is 1. The molecule has 1 amide bonds. The van der Waals surface area contributed by atoms with Crippen LogP contribution in [0.5, 0.6) is 0 Å². The molecule has 2 heterocycles. The number of carboxylic acids is 1. The quantitative estimate of drug-likeness (QED) is 0.224. The van der Waals surface area contributed by atoms with Crippen LogP contribution in [0.2, 0.25) is 0 Å². The minimum atomic E-state index is -1.05. The van der Waals surface area contributed by atoms with E-state index in [2.05, 4.69) is 17.4 Å². The molecule has 7 nitrogen and oxygen atoms in total. The van der Waals surface area contributed by atoms with Crippen molar-refractivity contribution >= 4 is 23.2 Å². The van der Waals surface area contributed by atoms with E-state index in [9.17, 15) is 19.5 Å². The SMILES string of the molecule is CCc1cc2cc(C(=O)N(CC(=O)O)C(C)C)ccn2c1C(=O)c1ccc(CCCCNC2CCCC2)cc1. The van der Waals surface area contributed by atoms with E-state index in [0.717, 1.165) is 36.9 Å². The summed E-state index contributed by atoms with van der Waals surface area (Å²) >= 11 is 0. The lowest BCUT2D eigenvalue weighted by atomic mass is 10.0.